The van der Waals surface area contributed by atoms with E-state index in [9.17, 15) is 18.0 Å². The maximum atomic E-state index is 14.5. The third-order valence-corrected chi connectivity index (χ3v) is 9.16. The SMILES string of the molecule is Cc1ccc(S(=O)(=O)N(CC(=O)N(Cc2ccccc2Cl)[C@H](Cc2ccccc2)C(=O)NC(C)(C)C)c2ccccc2)cc1. The number of para-hydroxylation sites is 1. The topological polar surface area (TPSA) is 86.8 Å². The number of nitrogens with zero attached hydrogens (tertiary/aromatic N) is 2. The van der Waals surface area contributed by atoms with Gasteiger partial charge in [-0.2, -0.15) is 0 Å². The van der Waals surface area contributed by atoms with Crippen LogP contribution in [0.15, 0.2) is 114 Å². The lowest BCUT2D eigenvalue weighted by molar-refractivity contribution is -0.140. The minimum atomic E-state index is -4.15. The number of carbonyl (C=O) groups is 2. The Morgan fingerprint density at radius 3 is 1.98 bits per heavy atom. The van der Waals surface area contributed by atoms with E-state index in [0.29, 0.717) is 16.3 Å². The third-order valence-electron chi connectivity index (χ3n) is 7.00. The fraction of sp³-hybridized carbons (Fsp3) is 0.257. The molecule has 0 saturated heterocycles. The monoisotopic (exact) mass is 631 g/mol. The molecule has 2 amide bonds. The van der Waals surface area contributed by atoms with Crippen LogP contribution in [0.1, 0.15) is 37.5 Å². The molecule has 0 bridgehead atoms. The molecule has 7 nitrogen and oxygen atoms in total. The van der Waals surface area contributed by atoms with Gasteiger partial charge in [-0.25, -0.2) is 8.42 Å². The number of hydrogen-bond acceptors (Lipinski definition) is 4. The number of amides is 2. The first-order valence-corrected chi connectivity index (χ1v) is 16.2. The molecule has 0 saturated carbocycles. The Kier molecular flexibility index (Phi) is 10.5. The van der Waals surface area contributed by atoms with Gasteiger partial charge in [-0.3, -0.25) is 13.9 Å². The van der Waals surface area contributed by atoms with Crippen LogP contribution in [0.5, 0.6) is 0 Å². The average molecular weight is 632 g/mol. The minimum Gasteiger partial charge on any atom is -0.350 e. The minimum absolute atomic E-state index is 0.000773. The first-order chi connectivity index (χ1) is 20.8. The zero-order valence-electron chi connectivity index (χ0n) is 25.4. The second kappa shape index (κ2) is 14.1. The molecule has 44 heavy (non-hydrogen) atoms. The summed E-state index contributed by atoms with van der Waals surface area (Å²) in [6.07, 6.45) is 0.217. The molecule has 0 aromatic heterocycles. The number of halogens is 1. The number of anilines is 1. The fourth-order valence-electron chi connectivity index (χ4n) is 4.78. The molecular weight excluding hydrogens is 594 g/mol. The van der Waals surface area contributed by atoms with E-state index in [2.05, 4.69) is 5.32 Å². The van der Waals surface area contributed by atoms with E-state index in [1.54, 1.807) is 60.7 Å². The molecule has 230 valence electrons. The number of benzene rings is 4. The number of rotatable bonds is 11. The zero-order chi connectivity index (χ0) is 31.9. The first kappa shape index (κ1) is 32.8. The fourth-order valence-corrected chi connectivity index (χ4v) is 6.39. The maximum absolute atomic E-state index is 14.5. The van der Waals surface area contributed by atoms with Gasteiger partial charge in [0.15, 0.2) is 0 Å². The Bertz CT molecular complexity index is 1670. The Hall–Kier alpha value is -4.14. The standard InChI is InChI=1S/C35H38ClN3O4S/c1-26-19-21-30(22-20-26)44(42,43)39(29-16-9-6-10-17-29)25-33(40)38(24-28-15-11-12-18-31(28)36)32(34(41)37-35(2,3)4)23-27-13-7-5-8-14-27/h5-22,32H,23-25H2,1-4H3,(H,37,41)/t32-/m1/s1. The number of carbonyl (C=O) groups excluding carboxylic acids is 2. The van der Waals surface area contributed by atoms with Crippen molar-refractivity contribution in [1.82, 2.24) is 10.2 Å². The van der Waals surface area contributed by atoms with Crippen LogP contribution in [0.3, 0.4) is 0 Å². The molecule has 1 N–H and O–H groups in total. The van der Waals surface area contributed by atoms with Gasteiger partial charge in [0.05, 0.1) is 10.6 Å². The Morgan fingerprint density at radius 2 is 1.39 bits per heavy atom. The highest BCUT2D eigenvalue weighted by Gasteiger charge is 2.35. The van der Waals surface area contributed by atoms with Gasteiger partial charge in [-0.05, 0) is 69.2 Å². The smallest absolute Gasteiger partial charge is 0.264 e. The summed E-state index contributed by atoms with van der Waals surface area (Å²) in [5.74, 6) is -0.899. The van der Waals surface area contributed by atoms with E-state index >= 15 is 0 Å². The number of nitrogens with one attached hydrogen (secondary N) is 1. The molecule has 0 unspecified atom stereocenters. The molecule has 4 aromatic rings. The second-order valence-electron chi connectivity index (χ2n) is 11.7. The summed E-state index contributed by atoms with van der Waals surface area (Å²) in [5.41, 5.74) is 2.15. The van der Waals surface area contributed by atoms with E-state index in [1.807, 2.05) is 64.1 Å². The first-order valence-electron chi connectivity index (χ1n) is 14.4. The third kappa shape index (κ3) is 8.49. The molecule has 9 heteroatoms. The largest absolute Gasteiger partial charge is 0.350 e. The summed E-state index contributed by atoms with van der Waals surface area (Å²) >= 11 is 6.55. The molecular formula is C35H38ClN3O4S. The molecule has 0 fully saturated rings. The second-order valence-corrected chi connectivity index (χ2v) is 14.0. The number of sulfonamides is 1. The van der Waals surface area contributed by atoms with Crippen molar-refractivity contribution in [1.29, 1.82) is 0 Å². The highest BCUT2D eigenvalue weighted by Crippen LogP contribution is 2.26. The van der Waals surface area contributed by atoms with Crippen molar-refractivity contribution in [2.75, 3.05) is 10.8 Å². The van der Waals surface area contributed by atoms with Crippen molar-refractivity contribution >= 4 is 39.1 Å². The number of hydrogen-bond donors (Lipinski definition) is 1. The molecule has 0 aliphatic heterocycles. The summed E-state index contributed by atoms with van der Waals surface area (Å²) in [6.45, 7) is 6.96. The molecule has 0 aliphatic rings. The van der Waals surface area contributed by atoms with Crippen LogP contribution in [-0.2, 0) is 32.6 Å². The van der Waals surface area contributed by atoms with Crippen molar-refractivity contribution in [3.8, 4) is 0 Å². The van der Waals surface area contributed by atoms with Crippen LogP contribution >= 0.6 is 11.6 Å². The Morgan fingerprint density at radius 1 is 0.818 bits per heavy atom. The normalized spacial score (nSPS) is 12.3. The van der Waals surface area contributed by atoms with Gasteiger partial charge in [-0.15, -0.1) is 0 Å². The van der Waals surface area contributed by atoms with Crippen molar-refractivity contribution in [3.63, 3.8) is 0 Å². The summed E-state index contributed by atoms with van der Waals surface area (Å²) in [7, 11) is -4.15. The summed E-state index contributed by atoms with van der Waals surface area (Å²) in [5, 5.41) is 3.46. The Balaban J connectivity index is 1.81. The summed E-state index contributed by atoms with van der Waals surface area (Å²) in [4.78, 5) is 29.9. The van der Waals surface area contributed by atoms with Crippen LogP contribution in [-0.4, -0.2) is 43.3 Å². The van der Waals surface area contributed by atoms with Gasteiger partial charge in [-0.1, -0.05) is 96.0 Å². The van der Waals surface area contributed by atoms with E-state index in [0.717, 1.165) is 15.4 Å². The van der Waals surface area contributed by atoms with Crippen molar-refractivity contribution in [2.24, 2.45) is 0 Å². The average Bonchev–Trinajstić information content (AvgIpc) is 2.98. The molecule has 0 heterocycles. The molecule has 4 rings (SSSR count). The van der Waals surface area contributed by atoms with Crippen LogP contribution in [0.4, 0.5) is 5.69 Å². The maximum Gasteiger partial charge on any atom is 0.264 e. The van der Waals surface area contributed by atoms with Crippen molar-refractivity contribution in [2.45, 2.75) is 57.1 Å². The molecule has 1 atom stereocenters. The van der Waals surface area contributed by atoms with E-state index < -0.39 is 34.1 Å². The molecule has 4 aromatic carbocycles. The van der Waals surface area contributed by atoms with Gasteiger partial charge in [0.1, 0.15) is 12.6 Å². The van der Waals surface area contributed by atoms with Gasteiger partial charge in [0, 0.05) is 23.5 Å². The molecule has 0 aliphatic carbocycles. The van der Waals surface area contributed by atoms with E-state index in [-0.39, 0.29) is 23.8 Å². The van der Waals surface area contributed by atoms with Crippen LogP contribution in [0, 0.1) is 6.92 Å². The summed E-state index contributed by atoms with van der Waals surface area (Å²) in [6, 6.07) is 30.6. The van der Waals surface area contributed by atoms with Gasteiger partial charge < -0.3 is 10.2 Å². The lowest BCUT2D eigenvalue weighted by Gasteiger charge is -2.35. The lowest BCUT2D eigenvalue weighted by atomic mass is 10.0. The van der Waals surface area contributed by atoms with Gasteiger partial charge in [0.25, 0.3) is 10.0 Å². The number of aryl methyl sites for hydroxylation is 1. The van der Waals surface area contributed by atoms with Gasteiger partial charge in [0.2, 0.25) is 11.8 Å². The predicted octanol–water partition coefficient (Wildman–Crippen LogP) is 6.40. The highest BCUT2D eigenvalue weighted by molar-refractivity contribution is 7.92. The quantitative estimate of drug-likeness (QED) is 0.208. The molecule has 0 spiro atoms. The van der Waals surface area contributed by atoms with E-state index in [4.69, 9.17) is 11.6 Å². The van der Waals surface area contributed by atoms with Crippen LogP contribution in [0.2, 0.25) is 5.02 Å². The lowest BCUT2D eigenvalue weighted by Crippen LogP contribution is -2.56. The highest BCUT2D eigenvalue weighted by atomic mass is 35.5. The van der Waals surface area contributed by atoms with Crippen molar-refractivity contribution in [3.05, 3.63) is 131 Å². The van der Waals surface area contributed by atoms with E-state index in [1.165, 1.54) is 17.0 Å². The Labute approximate surface area is 265 Å². The van der Waals surface area contributed by atoms with Crippen LogP contribution < -0.4 is 9.62 Å². The van der Waals surface area contributed by atoms with Gasteiger partial charge >= 0.3 is 0 Å². The molecule has 0 radical (unpaired) electrons. The van der Waals surface area contributed by atoms with Crippen molar-refractivity contribution < 1.29 is 18.0 Å². The summed E-state index contributed by atoms with van der Waals surface area (Å²) < 4.78 is 29.2. The predicted molar refractivity (Wildman–Crippen MR) is 176 cm³/mol. The zero-order valence-corrected chi connectivity index (χ0v) is 27.0. The van der Waals surface area contributed by atoms with Crippen LogP contribution in [0.25, 0.3) is 0 Å².